The molecule has 114 valence electrons. The Labute approximate surface area is 133 Å². The van der Waals surface area contributed by atoms with Crippen LogP contribution in [0.2, 0.25) is 5.02 Å². The zero-order valence-corrected chi connectivity index (χ0v) is 12.8. The van der Waals surface area contributed by atoms with Gasteiger partial charge in [0, 0.05) is 24.7 Å². The smallest absolute Gasteiger partial charge is 0.228 e. The summed E-state index contributed by atoms with van der Waals surface area (Å²) in [5, 5.41) is 9.94. The zero-order chi connectivity index (χ0) is 16.1. The SMILES string of the molecule is COCc1c(Cl)cc(O)cc1CC(=O)C(=O)c1ccccc1. The highest BCUT2D eigenvalue weighted by atomic mass is 35.5. The van der Waals surface area contributed by atoms with Crippen molar-refractivity contribution in [2.75, 3.05) is 7.11 Å². The molecule has 1 N–H and O–H groups in total. The lowest BCUT2D eigenvalue weighted by atomic mass is 9.98. The van der Waals surface area contributed by atoms with Gasteiger partial charge in [-0.3, -0.25) is 9.59 Å². The minimum Gasteiger partial charge on any atom is -0.508 e. The number of benzene rings is 2. The van der Waals surface area contributed by atoms with E-state index in [1.165, 1.54) is 19.2 Å². The fourth-order valence-corrected chi connectivity index (χ4v) is 2.43. The van der Waals surface area contributed by atoms with Crippen LogP contribution in [0.5, 0.6) is 5.75 Å². The van der Waals surface area contributed by atoms with E-state index in [-0.39, 0.29) is 18.8 Å². The number of Topliss-reactive ketones (excluding diaryl/α,β-unsaturated/α-hetero) is 2. The Morgan fingerprint density at radius 3 is 2.50 bits per heavy atom. The first-order chi connectivity index (χ1) is 10.5. The van der Waals surface area contributed by atoms with E-state index in [1.807, 2.05) is 0 Å². The Morgan fingerprint density at radius 1 is 1.18 bits per heavy atom. The number of aromatic hydroxyl groups is 1. The Balaban J connectivity index is 2.26. The third kappa shape index (κ3) is 3.72. The van der Waals surface area contributed by atoms with Crippen molar-refractivity contribution in [2.45, 2.75) is 13.0 Å². The van der Waals surface area contributed by atoms with Crippen LogP contribution in [0.4, 0.5) is 0 Å². The molecule has 4 nitrogen and oxygen atoms in total. The van der Waals surface area contributed by atoms with Crippen LogP contribution in [-0.4, -0.2) is 23.8 Å². The van der Waals surface area contributed by atoms with Crippen LogP contribution in [0.25, 0.3) is 0 Å². The molecule has 0 aliphatic heterocycles. The van der Waals surface area contributed by atoms with Crippen LogP contribution < -0.4 is 0 Å². The number of carbonyl (C=O) groups excluding carboxylic acids is 2. The maximum atomic E-state index is 12.2. The average Bonchev–Trinajstić information content (AvgIpc) is 2.50. The maximum absolute atomic E-state index is 12.2. The Kier molecular flexibility index (Phi) is 5.31. The molecule has 2 rings (SSSR count). The van der Waals surface area contributed by atoms with E-state index in [4.69, 9.17) is 16.3 Å². The van der Waals surface area contributed by atoms with Crippen molar-refractivity contribution in [1.29, 1.82) is 0 Å². The number of phenolic OH excluding ortho intramolecular Hbond substituents is 1. The Hall–Kier alpha value is -2.17. The van der Waals surface area contributed by atoms with E-state index in [9.17, 15) is 14.7 Å². The Bertz CT molecular complexity index is 695. The van der Waals surface area contributed by atoms with Gasteiger partial charge in [-0.05, 0) is 17.7 Å². The number of carbonyl (C=O) groups is 2. The largest absolute Gasteiger partial charge is 0.508 e. The summed E-state index contributed by atoms with van der Waals surface area (Å²) < 4.78 is 5.05. The molecular weight excluding hydrogens is 304 g/mol. The van der Waals surface area contributed by atoms with E-state index in [1.54, 1.807) is 30.3 Å². The van der Waals surface area contributed by atoms with Crippen molar-refractivity contribution < 1.29 is 19.4 Å². The van der Waals surface area contributed by atoms with Crippen molar-refractivity contribution >= 4 is 23.2 Å². The summed E-state index contributed by atoms with van der Waals surface area (Å²) in [6.07, 6.45) is -0.138. The predicted molar refractivity (Wildman–Crippen MR) is 83.3 cm³/mol. The maximum Gasteiger partial charge on any atom is 0.228 e. The summed E-state index contributed by atoms with van der Waals surface area (Å²) in [5.74, 6) is -1.19. The van der Waals surface area contributed by atoms with Gasteiger partial charge in [0.25, 0.3) is 0 Å². The number of hydrogen-bond donors (Lipinski definition) is 1. The van der Waals surface area contributed by atoms with Crippen molar-refractivity contribution in [3.63, 3.8) is 0 Å². The summed E-state index contributed by atoms with van der Waals surface area (Å²) in [4.78, 5) is 24.3. The van der Waals surface area contributed by atoms with Gasteiger partial charge >= 0.3 is 0 Å². The fourth-order valence-electron chi connectivity index (χ4n) is 2.15. The molecule has 0 aliphatic rings. The average molecular weight is 319 g/mol. The summed E-state index contributed by atoms with van der Waals surface area (Å²) >= 11 is 6.06. The minimum atomic E-state index is -0.566. The quantitative estimate of drug-likeness (QED) is 0.656. The number of phenols is 1. The lowest BCUT2D eigenvalue weighted by Gasteiger charge is -2.11. The van der Waals surface area contributed by atoms with Crippen LogP contribution in [-0.2, 0) is 22.6 Å². The van der Waals surface area contributed by atoms with Crippen molar-refractivity contribution in [1.82, 2.24) is 0 Å². The molecule has 0 heterocycles. The van der Waals surface area contributed by atoms with Crippen LogP contribution in [0, 0.1) is 0 Å². The summed E-state index contributed by atoms with van der Waals surface area (Å²) in [6.45, 7) is 0.196. The lowest BCUT2D eigenvalue weighted by Crippen LogP contribution is -2.17. The third-order valence-electron chi connectivity index (χ3n) is 3.20. The molecule has 0 saturated heterocycles. The van der Waals surface area contributed by atoms with E-state index in [0.29, 0.717) is 21.7 Å². The number of ketones is 2. The molecule has 0 spiro atoms. The highest BCUT2D eigenvalue weighted by Gasteiger charge is 2.19. The van der Waals surface area contributed by atoms with Crippen molar-refractivity contribution in [3.05, 3.63) is 64.2 Å². The van der Waals surface area contributed by atoms with E-state index in [0.717, 1.165) is 0 Å². The number of halogens is 1. The van der Waals surface area contributed by atoms with Crippen molar-refractivity contribution in [2.24, 2.45) is 0 Å². The van der Waals surface area contributed by atoms with Gasteiger partial charge in [-0.2, -0.15) is 0 Å². The van der Waals surface area contributed by atoms with Gasteiger partial charge in [-0.25, -0.2) is 0 Å². The van der Waals surface area contributed by atoms with Crippen LogP contribution in [0.1, 0.15) is 21.5 Å². The van der Waals surface area contributed by atoms with E-state index < -0.39 is 11.6 Å². The summed E-state index contributed by atoms with van der Waals surface area (Å²) in [6, 6.07) is 11.1. The van der Waals surface area contributed by atoms with Gasteiger partial charge in [0.2, 0.25) is 11.6 Å². The standard InChI is InChI=1S/C17H15ClO4/c1-22-10-14-12(7-13(19)9-15(14)18)8-16(20)17(21)11-5-3-2-4-6-11/h2-7,9,19H,8,10H2,1H3. The minimum absolute atomic E-state index is 0.0557. The number of methoxy groups -OCH3 is 1. The molecule has 0 unspecified atom stereocenters. The molecule has 0 amide bonds. The molecule has 0 fully saturated rings. The van der Waals surface area contributed by atoms with Gasteiger partial charge < -0.3 is 9.84 Å². The second-order valence-corrected chi connectivity index (χ2v) is 5.20. The zero-order valence-electron chi connectivity index (χ0n) is 12.0. The Morgan fingerprint density at radius 2 is 1.86 bits per heavy atom. The predicted octanol–water partition coefficient (Wildman–Crippen LogP) is 3.19. The third-order valence-corrected chi connectivity index (χ3v) is 3.54. The molecule has 22 heavy (non-hydrogen) atoms. The van der Waals surface area contributed by atoms with E-state index in [2.05, 4.69) is 0 Å². The topological polar surface area (TPSA) is 63.6 Å². The van der Waals surface area contributed by atoms with Gasteiger partial charge in [-0.15, -0.1) is 0 Å². The molecule has 0 bridgehead atoms. The molecule has 0 saturated carbocycles. The lowest BCUT2D eigenvalue weighted by molar-refractivity contribution is -0.114. The molecule has 0 radical (unpaired) electrons. The number of ether oxygens (including phenoxy) is 1. The number of hydrogen-bond acceptors (Lipinski definition) is 4. The van der Waals surface area contributed by atoms with Crippen LogP contribution >= 0.6 is 11.6 Å². The van der Waals surface area contributed by atoms with Crippen LogP contribution in [0.3, 0.4) is 0 Å². The molecule has 0 aromatic heterocycles. The molecular formula is C17H15ClO4. The first-order valence-corrected chi connectivity index (χ1v) is 7.02. The molecule has 0 aliphatic carbocycles. The van der Waals surface area contributed by atoms with Crippen LogP contribution in [0.15, 0.2) is 42.5 Å². The van der Waals surface area contributed by atoms with Crippen molar-refractivity contribution in [3.8, 4) is 5.75 Å². The normalized spacial score (nSPS) is 10.5. The second-order valence-electron chi connectivity index (χ2n) is 4.79. The molecule has 2 aromatic rings. The highest BCUT2D eigenvalue weighted by Crippen LogP contribution is 2.27. The van der Waals surface area contributed by atoms with E-state index >= 15 is 0 Å². The first kappa shape index (κ1) is 16.2. The molecule has 0 atom stereocenters. The first-order valence-electron chi connectivity index (χ1n) is 6.64. The van der Waals surface area contributed by atoms with Gasteiger partial charge in [-0.1, -0.05) is 41.9 Å². The summed E-state index contributed by atoms with van der Waals surface area (Å²) in [5.41, 5.74) is 1.42. The fraction of sp³-hybridized carbons (Fsp3) is 0.176. The highest BCUT2D eigenvalue weighted by molar-refractivity contribution is 6.44. The van der Waals surface area contributed by atoms with Gasteiger partial charge in [0.15, 0.2) is 0 Å². The number of rotatable bonds is 6. The molecule has 5 heteroatoms. The monoisotopic (exact) mass is 318 g/mol. The molecule has 2 aromatic carbocycles. The summed E-state index contributed by atoms with van der Waals surface area (Å²) in [7, 11) is 1.50. The van der Waals surface area contributed by atoms with Gasteiger partial charge in [0.1, 0.15) is 5.75 Å². The van der Waals surface area contributed by atoms with Gasteiger partial charge in [0.05, 0.1) is 11.6 Å². The second kappa shape index (κ2) is 7.20.